The number of nitrogens with zero attached hydrogens (tertiary/aromatic N) is 1. The molecule has 4 rings (SSSR count). The van der Waals surface area contributed by atoms with Crippen LogP contribution < -0.4 is 4.74 Å². The predicted octanol–water partition coefficient (Wildman–Crippen LogP) is 9.28. The van der Waals surface area contributed by atoms with Gasteiger partial charge in [0.1, 0.15) is 11.6 Å². The van der Waals surface area contributed by atoms with E-state index in [-0.39, 0.29) is 11.6 Å². The summed E-state index contributed by atoms with van der Waals surface area (Å²) in [6.07, 6.45) is 5.91. The van der Waals surface area contributed by atoms with Gasteiger partial charge in [0.2, 0.25) is 0 Å². The van der Waals surface area contributed by atoms with Gasteiger partial charge in [0, 0.05) is 17.1 Å². The molecular formula is C32H33F4NO. The number of benzene rings is 3. The third-order valence-electron chi connectivity index (χ3n) is 6.73. The van der Waals surface area contributed by atoms with Crippen LogP contribution in [-0.2, 0) is 19.3 Å². The molecule has 0 unspecified atom stereocenters. The van der Waals surface area contributed by atoms with Crippen molar-refractivity contribution in [3.05, 3.63) is 95.4 Å². The minimum Gasteiger partial charge on any atom is -0.484 e. The number of aryl methyl sites for hydroxylation is 3. The highest BCUT2D eigenvalue weighted by molar-refractivity contribution is 5.88. The monoisotopic (exact) mass is 523 g/mol. The fourth-order valence-corrected chi connectivity index (χ4v) is 4.56. The first-order valence-electron chi connectivity index (χ1n) is 13.3. The molecule has 0 bridgehead atoms. The SMILES string of the molecule is CCCCCCCc1ccc(-c2ccc3c(F)c(CCc4ccc(OCC(F)(F)F)cc4)ccc3c2)nc1. The number of rotatable bonds is 12. The Hall–Kier alpha value is -3.41. The van der Waals surface area contributed by atoms with Crippen LogP contribution in [0.3, 0.4) is 0 Å². The number of halogens is 4. The van der Waals surface area contributed by atoms with E-state index in [0.29, 0.717) is 23.8 Å². The predicted molar refractivity (Wildman–Crippen MR) is 145 cm³/mol. The smallest absolute Gasteiger partial charge is 0.422 e. The second kappa shape index (κ2) is 12.9. The molecule has 0 aliphatic heterocycles. The van der Waals surface area contributed by atoms with Crippen molar-refractivity contribution in [2.75, 3.05) is 6.61 Å². The highest BCUT2D eigenvalue weighted by atomic mass is 19.4. The third kappa shape index (κ3) is 7.80. The van der Waals surface area contributed by atoms with Crippen LogP contribution in [0.15, 0.2) is 72.9 Å². The first-order valence-corrected chi connectivity index (χ1v) is 13.3. The zero-order valence-electron chi connectivity index (χ0n) is 21.7. The Kier molecular flexibility index (Phi) is 9.38. The molecule has 0 radical (unpaired) electrons. The van der Waals surface area contributed by atoms with Crippen molar-refractivity contribution in [2.45, 2.75) is 64.5 Å². The van der Waals surface area contributed by atoms with Crippen molar-refractivity contribution < 1.29 is 22.3 Å². The molecule has 0 saturated carbocycles. The number of ether oxygens (including phenoxy) is 1. The molecule has 200 valence electrons. The molecule has 4 aromatic rings. The number of unbranched alkanes of at least 4 members (excludes halogenated alkanes) is 4. The van der Waals surface area contributed by atoms with Gasteiger partial charge in [0.15, 0.2) is 6.61 Å². The van der Waals surface area contributed by atoms with Gasteiger partial charge in [-0.15, -0.1) is 0 Å². The first kappa shape index (κ1) is 27.6. The van der Waals surface area contributed by atoms with Crippen LogP contribution in [0.25, 0.3) is 22.0 Å². The highest BCUT2D eigenvalue weighted by Crippen LogP contribution is 2.28. The highest BCUT2D eigenvalue weighted by Gasteiger charge is 2.28. The minimum atomic E-state index is -4.37. The van der Waals surface area contributed by atoms with Crippen molar-refractivity contribution in [3.63, 3.8) is 0 Å². The van der Waals surface area contributed by atoms with E-state index in [1.165, 1.54) is 49.8 Å². The van der Waals surface area contributed by atoms with E-state index in [1.807, 2.05) is 30.5 Å². The average molecular weight is 524 g/mol. The van der Waals surface area contributed by atoms with Crippen LogP contribution in [0.4, 0.5) is 17.6 Å². The molecule has 3 aromatic carbocycles. The largest absolute Gasteiger partial charge is 0.484 e. The molecule has 0 aliphatic carbocycles. The molecule has 1 aromatic heterocycles. The number of hydrogen-bond donors (Lipinski definition) is 0. The maximum atomic E-state index is 15.3. The van der Waals surface area contributed by atoms with Crippen molar-refractivity contribution in [2.24, 2.45) is 0 Å². The lowest BCUT2D eigenvalue weighted by molar-refractivity contribution is -0.153. The number of aromatic nitrogens is 1. The van der Waals surface area contributed by atoms with Crippen LogP contribution >= 0.6 is 0 Å². The summed E-state index contributed by atoms with van der Waals surface area (Å²) in [4.78, 5) is 4.65. The van der Waals surface area contributed by atoms with Crippen LogP contribution in [0, 0.1) is 5.82 Å². The Labute approximate surface area is 221 Å². The zero-order valence-corrected chi connectivity index (χ0v) is 21.7. The van der Waals surface area contributed by atoms with E-state index < -0.39 is 12.8 Å². The van der Waals surface area contributed by atoms with E-state index in [4.69, 9.17) is 4.74 Å². The maximum absolute atomic E-state index is 15.3. The first-order chi connectivity index (χ1) is 18.3. The number of alkyl halides is 3. The summed E-state index contributed by atoms with van der Waals surface area (Å²) >= 11 is 0. The molecule has 0 fully saturated rings. The summed E-state index contributed by atoms with van der Waals surface area (Å²) in [6, 6.07) is 20.0. The molecule has 2 nitrogen and oxygen atoms in total. The molecular weight excluding hydrogens is 490 g/mol. The van der Waals surface area contributed by atoms with Gasteiger partial charge in [-0.1, -0.05) is 75.1 Å². The lowest BCUT2D eigenvalue weighted by atomic mass is 9.98. The van der Waals surface area contributed by atoms with E-state index in [1.54, 1.807) is 24.3 Å². The van der Waals surface area contributed by atoms with Crippen molar-refractivity contribution in [1.29, 1.82) is 0 Å². The summed E-state index contributed by atoms with van der Waals surface area (Å²) in [5.74, 6) is -0.0872. The Morgan fingerprint density at radius 1 is 0.763 bits per heavy atom. The van der Waals surface area contributed by atoms with E-state index in [9.17, 15) is 13.2 Å². The lowest BCUT2D eigenvalue weighted by Crippen LogP contribution is -2.19. The fourth-order valence-electron chi connectivity index (χ4n) is 4.56. The number of pyridine rings is 1. The second-order valence-electron chi connectivity index (χ2n) is 9.74. The fraction of sp³-hybridized carbons (Fsp3) is 0.344. The summed E-state index contributed by atoms with van der Waals surface area (Å²) in [6.45, 7) is 0.898. The van der Waals surface area contributed by atoms with Gasteiger partial charge >= 0.3 is 6.18 Å². The number of hydrogen-bond acceptors (Lipinski definition) is 2. The zero-order chi connectivity index (χ0) is 27.0. The van der Waals surface area contributed by atoms with Gasteiger partial charge in [0.05, 0.1) is 5.69 Å². The number of fused-ring (bicyclic) bond motifs is 1. The quantitative estimate of drug-likeness (QED) is 0.136. The topological polar surface area (TPSA) is 22.1 Å². The molecule has 0 saturated heterocycles. The van der Waals surface area contributed by atoms with Gasteiger partial charge in [-0.05, 0) is 72.0 Å². The minimum absolute atomic E-state index is 0.158. The van der Waals surface area contributed by atoms with Crippen LogP contribution in [-0.4, -0.2) is 17.8 Å². The van der Waals surface area contributed by atoms with E-state index in [2.05, 4.69) is 18.0 Å². The van der Waals surface area contributed by atoms with Crippen LogP contribution in [0.5, 0.6) is 5.75 Å². The molecule has 0 N–H and O–H groups in total. The summed E-state index contributed by atoms with van der Waals surface area (Å²) in [5, 5.41) is 1.38. The lowest BCUT2D eigenvalue weighted by Gasteiger charge is -2.11. The van der Waals surface area contributed by atoms with Gasteiger partial charge in [-0.25, -0.2) is 4.39 Å². The Balaban J connectivity index is 1.37. The van der Waals surface area contributed by atoms with Gasteiger partial charge in [-0.3, -0.25) is 4.98 Å². The van der Waals surface area contributed by atoms with Crippen molar-refractivity contribution in [1.82, 2.24) is 4.98 Å². The average Bonchev–Trinajstić information content (AvgIpc) is 2.92. The molecule has 0 atom stereocenters. The summed E-state index contributed by atoms with van der Waals surface area (Å²) in [7, 11) is 0. The molecule has 0 amide bonds. The Bertz CT molecular complexity index is 1310. The van der Waals surface area contributed by atoms with Crippen molar-refractivity contribution in [3.8, 4) is 17.0 Å². The van der Waals surface area contributed by atoms with Gasteiger partial charge < -0.3 is 4.74 Å². The third-order valence-corrected chi connectivity index (χ3v) is 6.73. The van der Waals surface area contributed by atoms with Gasteiger partial charge in [0.25, 0.3) is 0 Å². The Morgan fingerprint density at radius 3 is 2.24 bits per heavy atom. The van der Waals surface area contributed by atoms with Crippen molar-refractivity contribution >= 4 is 10.8 Å². The van der Waals surface area contributed by atoms with Crippen LogP contribution in [0.2, 0.25) is 0 Å². The Morgan fingerprint density at radius 2 is 1.53 bits per heavy atom. The van der Waals surface area contributed by atoms with E-state index in [0.717, 1.165) is 28.6 Å². The molecule has 38 heavy (non-hydrogen) atoms. The van der Waals surface area contributed by atoms with Crippen LogP contribution in [0.1, 0.15) is 55.7 Å². The summed E-state index contributed by atoms with van der Waals surface area (Å²) < 4.78 is 56.9. The van der Waals surface area contributed by atoms with Gasteiger partial charge in [-0.2, -0.15) is 13.2 Å². The molecule has 0 aliphatic rings. The molecule has 6 heteroatoms. The molecule has 1 heterocycles. The second-order valence-corrected chi connectivity index (χ2v) is 9.74. The summed E-state index contributed by atoms with van der Waals surface area (Å²) in [5.41, 5.74) is 4.56. The maximum Gasteiger partial charge on any atom is 0.422 e. The van der Waals surface area contributed by atoms with E-state index >= 15 is 4.39 Å². The normalized spacial score (nSPS) is 11.7. The molecule has 0 spiro atoms. The standard InChI is InChI=1S/C32H33F4NO/c1-2-3-4-5-6-7-24-11-19-30(37-21-24)27-15-18-29-26(20-27)14-13-25(31(29)33)12-8-23-9-16-28(17-10-23)38-22-32(34,35)36/h9-11,13-21H,2-8,12,22H2,1H3.